The van der Waals surface area contributed by atoms with E-state index in [0.717, 1.165) is 0 Å². The Morgan fingerprint density at radius 3 is 2.26 bits per heavy atom. The van der Waals surface area contributed by atoms with Crippen molar-refractivity contribution in [2.75, 3.05) is 18.2 Å². The summed E-state index contributed by atoms with van der Waals surface area (Å²) in [6, 6.07) is 11.2. The molecule has 5 nitrogen and oxygen atoms in total. The maximum absolute atomic E-state index is 12.8. The third kappa shape index (κ3) is 4.79. The Labute approximate surface area is 134 Å². The zero-order chi connectivity index (χ0) is 16.9. The van der Waals surface area contributed by atoms with Gasteiger partial charge in [-0.05, 0) is 48.5 Å². The van der Waals surface area contributed by atoms with Gasteiger partial charge < -0.3 is 10.1 Å². The lowest BCUT2D eigenvalue weighted by molar-refractivity contribution is -0.115. The van der Waals surface area contributed by atoms with Crippen molar-refractivity contribution in [2.24, 2.45) is 0 Å². The van der Waals surface area contributed by atoms with E-state index in [2.05, 4.69) is 5.32 Å². The topological polar surface area (TPSA) is 72.5 Å². The summed E-state index contributed by atoms with van der Waals surface area (Å²) >= 11 is 0. The van der Waals surface area contributed by atoms with E-state index < -0.39 is 21.6 Å². The van der Waals surface area contributed by atoms with Crippen LogP contribution in [0.1, 0.15) is 6.42 Å². The first kappa shape index (κ1) is 17.0. The van der Waals surface area contributed by atoms with Crippen LogP contribution < -0.4 is 10.1 Å². The van der Waals surface area contributed by atoms with Crippen LogP contribution in [-0.4, -0.2) is 27.2 Å². The number of sulfone groups is 1. The molecule has 0 saturated carbocycles. The number of hydrogen-bond donors (Lipinski definition) is 1. The molecule has 1 amide bonds. The molecule has 0 unspecified atom stereocenters. The van der Waals surface area contributed by atoms with Gasteiger partial charge in [0.1, 0.15) is 11.6 Å². The minimum Gasteiger partial charge on any atom is -0.497 e. The number of methoxy groups -OCH3 is 1. The highest BCUT2D eigenvalue weighted by molar-refractivity contribution is 7.91. The standard InChI is InChI=1S/C16H16FNO4S/c1-22-14-6-8-15(9-7-14)23(20,21)11-10-16(19)18-13-4-2-12(17)3-5-13/h2-9H,10-11H2,1H3,(H,18,19). The Hall–Kier alpha value is -2.41. The van der Waals surface area contributed by atoms with Crippen LogP contribution >= 0.6 is 0 Å². The fraction of sp³-hybridized carbons (Fsp3) is 0.188. The van der Waals surface area contributed by atoms with E-state index in [1.54, 1.807) is 12.1 Å². The first-order chi connectivity index (χ1) is 10.9. The third-order valence-corrected chi connectivity index (χ3v) is 4.88. The number of ether oxygens (including phenoxy) is 1. The van der Waals surface area contributed by atoms with E-state index in [1.165, 1.54) is 43.5 Å². The minimum atomic E-state index is -3.56. The van der Waals surface area contributed by atoms with Crippen LogP contribution in [0.15, 0.2) is 53.4 Å². The van der Waals surface area contributed by atoms with Gasteiger partial charge in [0, 0.05) is 12.1 Å². The number of carbonyl (C=O) groups is 1. The summed E-state index contributed by atoms with van der Waals surface area (Å²) in [6.07, 6.45) is -0.189. The number of anilines is 1. The van der Waals surface area contributed by atoms with Gasteiger partial charge in [-0.15, -0.1) is 0 Å². The molecule has 0 bridgehead atoms. The summed E-state index contributed by atoms with van der Waals surface area (Å²) < 4.78 is 42.1. The second-order valence-electron chi connectivity index (χ2n) is 4.80. The van der Waals surface area contributed by atoms with Crippen LogP contribution in [0.2, 0.25) is 0 Å². The van der Waals surface area contributed by atoms with E-state index in [1.807, 2.05) is 0 Å². The molecule has 2 aromatic rings. The number of hydrogen-bond acceptors (Lipinski definition) is 4. The third-order valence-electron chi connectivity index (χ3n) is 3.14. The van der Waals surface area contributed by atoms with Crippen molar-refractivity contribution < 1.29 is 22.3 Å². The number of amides is 1. The average Bonchev–Trinajstić information content (AvgIpc) is 2.55. The lowest BCUT2D eigenvalue weighted by Gasteiger charge is -2.07. The van der Waals surface area contributed by atoms with Crippen molar-refractivity contribution >= 4 is 21.4 Å². The minimum absolute atomic E-state index is 0.132. The van der Waals surface area contributed by atoms with Gasteiger partial charge in [0.2, 0.25) is 5.91 Å². The van der Waals surface area contributed by atoms with Crippen LogP contribution in [0, 0.1) is 5.82 Å². The van der Waals surface area contributed by atoms with Crippen molar-refractivity contribution in [1.29, 1.82) is 0 Å². The van der Waals surface area contributed by atoms with Gasteiger partial charge in [-0.2, -0.15) is 0 Å². The number of benzene rings is 2. The van der Waals surface area contributed by atoms with Crippen LogP contribution in [0.25, 0.3) is 0 Å². The summed E-state index contributed by atoms with van der Waals surface area (Å²) in [5.74, 6) is -0.622. The van der Waals surface area contributed by atoms with Gasteiger partial charge in [0.15, 0.2) is 9.84 Å². The fourth-order valence-corrected chi connectivity index (χ4v) is 3.13. The second kappa shape index (κ2) is 7.23. The Balaban J connectivity index is 1.95. The molecule has 23 heavy (non-hydrogen) atoms. The lowest BCUT2D eigenvalue weighted by atomic mass is 10.3. The predicted molar refractivity (Wildman–Crippen MR) is 84.7 cm³/mol. The number of nitrogens with one attached hydrogen (secondary N) is 1. The van der Waals surface area contributed by atoms with E-state index >= 15 is 0 Å². The molecule has 122 valence electrons. The van der Waals surface area contributed by atoms with Crippen molar-refractivity contribution in [3.8, 4) is 5.75 Å². The van der Waals surface area contributed by atoms with Gasteiger partial charge in [-0.1, -0.05) is 0 Å². The average molecular weight is 337 g/mol. The summed E-state index contributed by atoms with van der Waals surface area (Å²) in [5.41, 5.74) is 0.415. The van der Waals surface area contributed by atoms with E-state index in [9.17, 15) is 17.6 Å². The van der Waals surface area contributed by atoms with E-state index in [0.29, 0.717) is 11.4 Å². The van der Waals surface area contributed by atoms with Gasteiger partial charge in [-0.25, -0.2) is 12.8 Å². The molecule has 0 aromatic heterocycles. The summed E-state index contributed by atoms with van der Waals surface area (Å²) in [5, 5.41) is 2.52. The summed E-state index contributed by atoms with van der Waals surface area (Å²) in [4.78, 5) is 11.9. The molecule has 0 aliphatic heterocycles. The first-order valence-electron chi connectivity index (χ1n) is 6.83. The molecule has 0 spiro atoms. The SMILES string of the molecule is COc1ccc(S(=O)(=O)CCC(=O)Nc2ccc(F)cc2)cc1. The van der Waals surface area contributed by atoms with E-state index in [-0.39, 0.29) is 17.1 Å². The number of halogens is 1. The maximum Gasteiger partial charge on any atom is 0.225 e. The molecule has 2 aromatic carbocycles. The smallest absolute Gasteiger partial charge is 0.225 e. The zero-order valence-corrected chi connectivity index (χ0v) is 13.3. The van der Waals surface area contributed by atoms with Crippen LogP contribution in [0.3, 0.4) is 0 Å². The molecular weight excluding hydrogens is 321 g/mol. The molecule has 0 atom stereocenters. The van der Waals surface area contributed by atoms with Gasteiger partial charge >= 0.3 is 0 Å². The van der Waals surface area contributed by atoms with Gasteiger partial charge in [-0.3, -0.25) is 4.79 Å². The van der Waals surface area contributed by atoms with Crippen molar-refractivity contribution in [1.82, 2.24) is 0 Å². The van der Waals surface area contributed by atoms with Crippen molar-refractivity contribution in [3.63, 3.8) is 0 Å². The lowest BCUT2D eigenvalue weighted by Crippen LogP contribution is -2.17. The van der Waals surface area contributed by atoms with Crippen LogP contribution in [0.5, 0.6) is 5.75 Å². The molecular formula is C16H16FNO4S. The predicted octanol–water partition coefficient (Wildman–Crippen LogP) is 2.64. The molecule has 0 radical (unpaired) electrons. The largest absolute Gasteiger partial charge is 0.497 e. The quantitative estimate of drug-likeness (QED) is 0.879. The van der Waals surface area contributed by atoms with Crippen LogP contribution in [0.4, 0.5) is 10.1 Å². The Morgan fingerprint density at radius 1 is 1.09 bits per heavy atom. The highest BCUT2D eigenvalue weighted by Crippen LogP contribution is 2.17. The molecule has 2 rings (SSSR count). The van der Waals surface area contributed by atoms with E-state index in [4.69, 9.17) is 4.74 Å². The number of carbonyl (C=O) groups excluding carboxylic acids is 1. The van der Waals surface area contributed by atoms with Gasteiger partial charge in [0.25, 0.3) is 0 Å². The number of rotatable bonds is 6. The monoisotopic (exact) mass is 337 g/mol. The zero-order valence-electron chi connectivity index (χ0n) is 12.5. The summed E-state index contributed by atoms with van der Waals surface area (Å²) in [6.45, 7) is 0. The molecule has 0 heterocycles. The fourth-order valence-electron chi connectivity index (χ4n) is 1.88. The first-order valence-corrected chi connectivity index (χ1v) is 8.48. The Morgan fingerprint density at radius 2 is 1.70 bits per heavy atom. The molecule has 1 N–H and O–H groups in total. The molecule has 0 fully saturated rings. The van der Waals surface area contributed by atoms with Crippen molar-refractivity contribution in [3.05, 3.63) is 54.3 Å². The van der Waals surface area contributed by atoms with Gasteiger partial charge in [0.05, 0.1) is 17.8 Å². The Kier molecular flexibility index (Phi) is 5.33. The molecule has 0 saturated heterocycles. The highest BCUT2D eigenvalue weighted by atomic mass is 32.2. The molecule has 0 aliphatic carbocycles. The summed E-state index contributed by atoms with van der Waals surface area (Å²) in [7, 11) is -2.07. The normalized spacial score (nSPS) is 11.0. The Bertz CT molecular complexity index is 771. The van der Waals surface area contributed by atoms with Crippen molar-refractivity contribution in [2.45, 2.75) is 11.3 Å². The molecule has 0 aliphatic rings. The highest BCUT2D eigenvalue weighted by Gasteiger charge is 2.16. The maximum atomic E-state index is 12.8. The van der Waals surface area contributed by atoms with Crippen LogP contribution in [-0.2, 0) is 14.6 Å². The second-order valence-corrected chi connectivity index (χ2v) is 6.91. The molecule has 7 heteroatoms.